The topological polar surface area (TPSA) is 38.1 Å². The van der Waals surface area contributed by atoms with Crippen molar-refractivity contribution in [2.75, 3.05) is 13.6 Å². The van der Waals surface area contributed by atoms with Crippen LogP contribution in [0, 0.1) is 17.7 Å². The molecule has 0 radical (unpaired) electrons. The lowest BCUT2D eigenvalue weighted by molar-refractivity contribution is 0.148. The fraction of sp³-hybridized carbons (Fsp3) is 0.360. The summed E-state index contributed by atoms with van der Waals surface area (Å²) in [5.74, 6) is 6.62. The second-order valence-corrected chi connectivity index (χ2v) is 8.48. The summed E-state index contributed by atoms with van der Waals surface area (Å²) in [6, 6.07) is 11.8. The number of aryl methyl sites for hydroxylation is 1. The number of halogens is 1. The summed E-state index contributed by atoms with van der Waals surface area (Å²) in [4.78, 5) is 20.5. The molecule has 2 aromatic carbocycles. The normalized spacial score (nSPS) is 21.3. The van der Waals surface area contributed by atoms with Crippen molar-refractivity contribution in [3.63, 3.8) is 0 Å². The number of fused-ring (bicyclic) bond motifs is 2. The van der Waals surface area contributed by atoms with Gasteiger partial charge in [-0.05, 0) is 75.7 Å². The third kappa shape index (κ3) is 3.32. The first-order chi connectivity index (χ1) is 14.5. The molecule has 3 heterocycles. The quantitative estimate of drug-likeness (QED) is 0.539. The second kappa shape index (κ2) is 7.37. The molecule has 5 rings (SSSR count). The van der Waals surface area contributed by atoms with Crippen LogP contribution in [0.1, 0.15) is 42.6 Å². The van der Waals surface area contributed by atoms with Crippen LogP contribution in [0.4, 0.5) is 4.39 Å². The first kappa shape index (κ1) is 19.0. The monoisotopic (exact) mass is 401 g/mol. The maximum Gasteiger partial charge on any atom is 0.261 e. The van der Waals surface area contributed by atoms with Crippen LogP contribution in [0.3, 0.4) is 0 Å². The van der Waals surface area contributed by atoms with E-state index in [4.69, 9.17) is 4.98 Å². The number of benzene rings is 2. The first-order valence-corrected chi connectivity index (χ1v) is 10.6. The molecule has 30 heavy (non-hydrogen) atoms. The molecule has 1 atom stereocenters. The van der Waals surface area contributed by atoms with E-state index in [9.17, 15) is 9.18 Å². The fourth-order valence-electron chi connectivity index (χ4n) is 4.97. The van der Waals surface area contributed by atoms with Crippen molar-refractivity contribution in [3.05, 3.63) is 75.6 Å². The zero-order valence-corrected chi connectivity index (χ0v) is 17.1. The van der Waals surface area contributed by atoms with Crippen LogP contribution < -0.4 is 5.56 Å². The third-order valence-corrected chi connectivity index (χ3v) is 6.77. The van der Waals surface area contributed by atoms with Gasteiger partial charge in [0.25, 0.3) is 5.56 Å². The number of aromatic nitrogens is 2. The van der Waals surface area contributed by atoms with Gasteiger partial charge in [0.15, 0.2) is 0 Å². The van der Waals surface area contributed by atoms with Gasteiger partial charge in [0, 0.05) is 29.6 Å². The van der Waals surface area contributed by atoms with Crippen molar-refractivity contribution < 1.29 is 4.39 Å². The van der Waals surface area contributed by atoms with E-state index < -0.39 is 0 Å². The highest BCUT2D eigenvalue weighted by Crippen LogP contribution is 2.37. The Morgan fingerprint density at radius 2 is 1.87 bits per heavy atom. The molecule has 4 nitrogen and oxygen atoms in total. The Morgan fingerprint density at radius 3 is 2.63 bits per heavy atom. The van der Waals surface area contributed by atoms with Crippen LogP contribution in [0.5, 0.6) is 0 Å². The fourth-order valence-corrected chi connectivity index (χ4v) is 4.97. The Balaban J connectivity index is 1.51. The van der Waals surface area contributed by atoms with Gasteiger partial charge in [-0.1, -0.05) is 17.9 Å². The Morgan fingerprint density at radius 1 is 1.03 bits per heavy atom. The minimum atomic E-state index is -0.302. The molecule has 0 saturated carbocycles. The van der Waals surface area contributed by atoms with Gasteiger partial charge in [-0.25, -0.2) is 9.37 Å². The lowest BCUT2D eigenvalue weighted by Gasteiger charge is -2.35. The maximum atomic E-state index is 13.4. The van der Waals surface area contributed by atoms with Crippen molar-refractivity contribution in [1.82, 2.24) is 14.5 Å². The largest absolute Gasteiger partial charge is 0.301 e. The molecule has 1 aromatic heterocycles. The third-order valence-electron chi connectivity index (χ3n) is 6.77. The van der Waals surface area contributed by atoms with Crippen LogP contribution in [0.2, 0.25) is 0 Å². The van der Waals surface area contributed by atoms with Gasteiger partial charge in [0.1, 0.15) is 11.6 Å². The zero-order valence-electron chi connectivity index (χ0n) is 17.1. The van der Waals surface area contributed by atoms with Crippen molar-refractivity contribution >= 4 is 10.9 Å². The summed E-state index contributed by atoms with van der Waals surface area (Å²) in [5.41, 5.74) is 2.32. The van der Waals surface area contributed by atoms with Crippen molar-refractivity contribution in [1.29, 1.82) is 0 Å². The van der Waals surface area contributed by atoms with Gasteiger partial charge in [0.2, 0.25) is 0 Å². The predicted molar refractivity (Wildman–Crippen MR) is 116 cm³/mol. The highest BCUT2D eigenvalue weighted by Gasteiger charge is 2.39. The van der Waals surface area contributed by atoms with Gasteiger partial charge in [-0.2, -0.15) is 0 Å². The van der Waals surface area contributed by atoms with Crippen LogP contribution in [0.15, 0.2) is 47.3 Å². The predicted octanol–water partition coefficient (Wildman–Crippen LogP) is 3.74. The summed E-state index contributed by atoms with van der Waals surface area (Å²) < 4.78 is 15.2. The summed E-state index contributed by atoms with van der Waals surface area (Å²) in [5, 5.41) is 0.630. The molecule has 5 heteroatoms. The van der Waals surface area contributed by atoms with E-state index in [-0.39, 0.29) is 16.9 Å². The zero-order chi connectivity index (χ0) is 20.7. The highest BCUT2D eigenvalue weighted by atomic mass is 19.1. The summed E-state index contributed by atoms with van der Waals surface area (Å²) in [6.45, 7) is 1.86. The Labute approximate surface area is 175 Å². The van der Waals surface area contributed by atoms with E-state index in [0.717, 1.165) is 43.7 Å². The number of hydrogen-bond acceptors (Lipinski definition) is 3. The van der Waals surface area contributed by atoms with Gasteiger partial charge in [0.05, 0.1) is 10.9 Å². The molecule has 0 bridgehead atoms. The molecule has 2 aliphatic heterocycles. The molecule has 1 spiro atoms. The lowest BCUT2D eigenvalue weighted by Crippen LogP contribution is -2.41. The van der Waals surface area contributed by atoms with Crippen LogP contribution in [-0.4, -0.2) is 33.6 Å². The van der Waals surface area contributed by atoms with E-state index in [1.165, 1.54) is 25.0 Å². The lowest BCUT2D eigenvalue weighted by atomic mass is 9.88. The number of likely N-dealkylation sites (tertiary alicyclic amines) is 1. The van der Waals surface area contributed by atoms with E-state index in [2.05, 4.69) is 23.8 Å². The summed E-state index contributed by atoms with van der Waals surface area (Å²) in [7, 11) is 2.21. The van der Waals surface area contributed by atoms with Crippen LogP contribution in [-0.2, 0) is 13.0 Å². The van der Waals surface area contributed by atoms with Gasteiger partial charge < -0.3 is 4.90 Å². The highest BCUT2D eigenvalue weighted by molar-refractivity contribution is 5.79. The molecule has 3 aromatic rings. The summed E-state index contributed by atoms with van der Waals surface area (Å²) in [6.07, 6.45) is 5.28. The average molecular weight is 401 g/mol. The van der Waals surface area contributed by atoms with Crippen LogP contribution in [0.25, 0.3) is 10.9 Å². The number of nitrogens with zero attached hydrogens (tertiary/aromatic N) is 3. The molecule has 1 unspecified atom stereocenters. The molecule has 2 aliphatic rings. The molecule has 1 saturated heterocycles. The SMILES string of the molecule is CN1CCCC12CCc1nc3cc(C#Cc4cccc(F)c4)ccc3c(=O)n1CC2. The molecule has 152 valence electrons. The molecule has 0 aliphatic carbocycles. The van der Waals surface area contributed by atoms with Gasteiger partial charge >= 0.3 is 0 Å². The average Bonchev–Trinajstić information content (AvgIpc) is 2.98. The minimum Gasteiger partial charge on any atom is -0.301 e. The van der Waals surface area contributed by atoms with Crippen molar-refractivity contribution in [2.45, 2.75) is 44.2 Å². The standard InChI is InChI=1S/C25H24FN3O/c1-28-14-3-11-25(28)12-10-23-27-22-17-19(7-6-18-4-2-5-20(26)16-18)8-9-21(22)24(30)29(23)15-13-25/h2,4-5,8-9,16-17H,3,10-15H2,1H3. The smallest absolute Gasteiger partial charge is 0.261 e. The molecule has 0 amide bonds. The van der Waals surface area contributed by atoms with E-state index in [0.29, 0.717) is 16.5 Å². The Bertz CT molecular complexity index is 1250. The van der Waals surface area contributed by atoms with Gasteiger partial charge in [-0.15, -0.1) is 0 Å². The van der Waals surface area contributed by atoms with Crippen molar-refractivity contribution in [2.24, 2.45) is 0 Å². The minimum absolute atomic E-state index is 0.0392. The number of hydrogen-bond donors (Lipinski definition) is 0. The summed E-state index contributed by atoms with van der Waals surface area (Å²) >= 11 is 0. The van der Waals surface area contributed by atoms with Crippen molar-refractivity contribution in [3.8, 4) is 11.8 Å². The second-order valence-electron chi connectivity index (χ2n) is 8.48. The van der Waals surface area contributed by atoms with E-state index in [1.807, 2.05) is 22.8 Å². The molecular formula is C25H24FN3O. The first-order valence-electron chi connectivity index (χ1n) is 10.6. The number of rotatable bonds is 0. The molecule has 0 N–H and O–H groups in total. The molecule has 1 fully saturated rings. The van der Waals surface area contributed by atoms with Crippen LogP contribution >= 0.6 is 0 Å². The van der Waals surface area contributed by atoms with Gasteiger partial charge in [-0.3, -0.25) is 9.36 Å². The molecular weight excluding hydrogens is 377 g/mol. The Kier molecular flexibility index (Phi) is 4.67. The van der Waals surface area contributed by atoms with E-state index in [1.54, 1.807) is 12.1 Å². The maximum absolute atomic E-state index is 13.4. The Hall–Kier alpha value is -2.97. The van der Waals surface area contributed by atoms with E-state index >= 15 is 0 Å².